The van der Waals surface area contributed by atoms with Gasteiger partial charge in [-0.25, -0.2) is 0 Å². The predicted molar refractivity (Wildman–Crippen MR) is 68.3 cm³/mol. The summed E-state index contributed by atoms with van der Waals surface area (Å²) in [6, 6.07) is 5.27. The van der Waals surface area contributed by atoms with E-state index in [9.17, 15) is 4.79 Å². The number of benzene rings is 1. The van der Waals surface area contributed by atoms with E-state index in [0.717, 1.165) is 13.0 Å². The van der Waals surface area contributed by atoms with Gasteiger partial charge in [0.2, 0.25) is 0 Å². The highest BCUT2D eigenvalue weighted by molar-refractivity contribution is 5.94. The standard InChI is InChI=1S/C13H18N2O3/c1-14-5-6-15-13(16)10-3-4-11-12(9-10)18-8-2-7-17-11/h3-4,9,14H,2,5-8H2,1H3,(H,15,16). The first-order valence-electron chi connectivity index (χ1n) is 6.13. The Kier molecular flexibility index (Phi) is 4.41. The number of carbonyl (C=O) groups excluding carboxylic acids is 1. The molecule has 0 atom stereocenters. The zero-order chi connectivity index (χ0) is 12.8. The first-order chi connectivity index (χ1) is 8.81. The highest BCUT2D eigenvalue weighted by atomic mass is 16.5. The summed E-state index contributed by atoms with van der Waals surface area (Å²) in [5.74, 6) is 1.26. The molecule has 0 unspecified atom stereocenters. The molecule has 1 aliphatic heterocycles. The van der Waals surface area contributed by atoms with Crippen LogP contribution in [0.25, 0.3) is 0 Å². The van der Waals surface area contributed by atoms with Gasteiger partial charge in [0.25, 0.3) is 5.91 Å². The van der Waals surface area contributed by atoms with Gasteiger partial charge in [-0.05, 0) is 25.2 Å². The summed E-state index contributed by atoms with van der Waals surface area (Å²) in [5.41, 5.74) is 0.593. The van der Waals surface area contributed by atoms with E-state index in [1.165, 1.54) is 0 Å². The molecule has 1 aliphatic rings. The molecule has 0 fully saturated rings. The van der Waals surface area contributed by atoms with Gasteiger partial charge in [0.05, 0.1) is 13.2 Å². The van der Waals surface area contributed by atoms with Gasteiger partial charge in [0.15, 0.2) is 11.5 Å². The van der Waals surface area contributed by atoms with E-state index in [-0.39, 0.29) is 5.91 Å². The van der Waals surface area contributed by atoms with Crippen LogP contribution in [0.3, 0.4) is 0 Å². The Morgan fingerprint density at radius 1 is 1.22 bits per heavy atom. The average Bonchev–Trinajstić information content (AvgIpc) is 2.63. The number of fused-ring (bicyclic) bond motifs is 1. The van der Waals surface area contributed by atoms with Crippen molar-refractivity contribution < 1.29 is 14.3 Å². The molecular formula is C13H18N2O3. The van der Waals surface area contributed by atoms with Crippen LogP contribution in [0.15, 0.2) is 18.2 Å². The van der Waals surface area contributed by atoms with E-state index in [1.54, 1.807) is 18.2 Å². The number of hydrogen-bond acceptors (Lipinski definition) is 4. The number of amides is 1. The van der Waals surface area contributed by atoms with Gasteiger partial charge >= 0.3 is 0 Å². The summed E-state index contributed by atoms with van der Waals surface area (Å²) in [6.07, 6.45) is 0.860. The molecule has 2 N–H and O–H groups in total. The molecule has 18 heavy (non-hydrogen) atoms. The van der Waals surface area contributed by atoms with Crippen LogP contribution in [0, 0.1) is 0 Å². The first-order valence-corrected chi connectivity index (χ1v) is 6.13. The highest BCUT2D eigenvalue weighted by Crippen LogP contribution is 2.30. The van der Waals surface area contributed by atoms with Crippen LogP contribution in [0.1, 0.15) is 16.8 Å². The van der Waals surface area contributed by atoms with Crippen LogP contribution in [0.5, 0.6) is 11.5 Å². The van der Waals surface area contributed by atoms with Gasteiger partial charge in [-0.3, -0.25) is 4.79 Å². The molecule has 1 aromatic rings. The molecule has 0 aromatic heterocycles. The van der Waals surface area contributed by atoms with E-state index in [4.69, 9.17) is 9.47 Å². The van der Waals surface area contributed by atoms with Crippen LogP contribution in [-0.2, 0) is 0 Å². The van der Waals surface area contributed by atoms with Crippen LogP contribution in [-0.4, -0.2) is 39.3 Å². The second-order valence-corrected chi connectivity index (χ2v) is 4.07. The molecule has 0 radical (unpaired) electrons. The lowest BCUT2D eigenvalue weighted by Crippen LogP contribution is -2.30. The Morgan fingerprint density at radius 3 is 2.78 bits per heavy atom. The minimum atomic E-state index is -0.0964. The summed E-state index contributed by atoms with van der Waals surface area (Å²) in [4.78, 5) is 11.9. The zero-order valence-corrected chi connectivity index (χ0v) is 10.5. The Balaban J connectivity index is 2.05. The van der Waals surface area contributed by atoms with Crippen molar-refractivity contribution in [3.63, 3.8) is 0 Å². The molecule has 5 heteroatoms. The van der Waals surface area contributed by atoms with Crippen molar-refractivity contribution in [2.45, 2.75) is 6.42 Å². The fourth-order valence-electron chi connectivity index (χ4n) is 1.71. The molecule has 0 bridgehead atoms. The van der Waals surface area contributed by atoms with Gasteiger partial charge in [0.1, 0.15) is 0 Å². The van der Waals surface area contributed by atoms with Crippen molar-refractivity contribution >= 4 is 5.91 Å². The molecular weight excluding hydrogens is 232 g/mol. The molecule has 0 saturated heterocycles. The van der Waals surface area contributed by atoms with Gasteiger partial charge in [0, 0.05) is 25.1 Å². The smallest absolute Gasteiger partial charge is 0.251 e. The number of likely N-dealkylation sites (N-methyl/N-ethyl adjacent to an activating group) is 1. The summed E-state index contributed by atoms with van der Waals surface area (Å²) in [5, 5.41) is 5.80. The molecule has 98 valence electrons. The lowest BCUT2D eigenvalue weighted by molar-refractivity contribution is 0.0953. The van der Waals surface area contributed by atoms with Crippen LogP contribution in [0.4, 0.5) is 0 Å². The van der Waals surface area contributed by atoms with E-state index in [2.05, 4.69) is 10.6 Å². The van der Waals surface area contributed by atoms with Crippen LogP contribution in [0.2, 0.25) is 0 Å². The van der Waals surface area contributed by atoms with E-state index in [1.807, 2.05) is 7.05 Å². The van der Waals surface area contributed by atoms with Gasteiger partial charge < -0.3 is 20.1 Å². The molecule has 0 saturated carbocycles. The van der Waals surface area contributed by atoms with Gasteiger partial charge in [-0.15, -0.1) is 0 Å². The lowest BCUT2D eigenvalue weighted by atomic mass is 10.2. The zero-order valence-electron chi connectivity index (χ0n) is 10.5. The largest absolute Gasteiger partial charge is 0.490 e. The Morgan fingerprint density at radius 2 is 2.00 bits per heavy atom. The maximum absolute atomic E-state index is 11.9. The monoisotopic (exact) mass is 250 g/mol. The van der Waals surface area contributed by atoms with Gasteiger partial charge in [-0.2, -0.15) is 0 Å². The highest BCUT2D eigenvalue weighted by Gasteiger charge is 2.13. The molecule has 5 nitrogen and oxygen atoms in total. The predicted octanol–water partition coefficient (Wildman–Crippen LogP) is 0.797. The third-order valence-corrected chi connectivity index (χ3v) is 2.67. The van der Waals surface area contributed by atoms with Gasteiger partial charge in [-0.1, -0.05) is 0 Å². The van der Waals surface area contributed by atoms with Crippen molar-refractivity contribution in [2.24, 2.45) is 0 Å². The molecule has 2 rings (SSSR count). The summed E-state index contributed by atoms with van der Waals surface area (Å²) >= 11 is 0. The van der Waals surface area contributed by atoms with E-state index in [0.29, 0.717) is 36.8 Å². The summed E-state index contributed by atoms with van der Waals surface area (Å²) in [7, 11) is 1.85. The quantitative estimate of drug-likeness (QED) is 0.776. The summed E-state index contributed by atoms with van der Waals surface area (Å²) in [6.45, 7) is 2.62. The normalized spacial score (nSPS) is 13.8. The average molecular weight is 250 g/mol. The fourth-order valence-corrected chi connectivity index (χ4v) is 1.71. The van der Waals surface area contributed by atoms with Crippen molar-refractivity contribution in [3.8, 4) is 11.5 Å². The van der Waals surface area contributed by atoms with Crippen LogP contribution >= 0.6 is 0 Å². The summed E-state index contributed by atoms with van der Waals surface area (Å²) < 4.78 is 11.1. The molecule has 0 spiro atoms. The molecule has 1 aromatic carbocycles. The number of hydrogen-bond donors (Lipinski definition) is 2. The second-order valence-electron chi connectivity index (χ2n) is 4.07. The van der Waals surface area contributed by atoms with E-state index >= 15 is 0 Å². The third kappa shape index (κ3) is 3.13. The first kappa shape index (κ1) is 12.7. The number of rotatable bonds is 4. The van der Waals surface area contributed by atoms with Crippen molar-refractivity contribution in [3.05, 3.63) is 23.8 Å². The number of ether oxygens (including phenoxy) is 2. The topological polar surface area (TPSA) is 59.6 Å². The lowest BCUT2D eigenvalue weighted by Gasteiger charge is -2.09. The van der Waals surface area contributed by atoms with E-state index < -0.39 is 0 Å². The van der Waals surface area contributed by atoms with Crippen LogP contribution < -0.4 is 20.1 Å². The SMILES string of the molecule is CNCCNC(=O)c1ccc2c(c1)OCCCO2. The third-order valence-electron chi connectivity index (χ3n) is 2.67. The second kappa shape index (κ2) is 6.26. The van der Waals surface area contributed by atoms with Crippen molar-refractivity contribution in [2.75, 3.05) is 33.4 Å². The fraction of sp³-hybridized carbons (Fsp3) is 0.462. The maximum atomic E-state index is 11.9. The minimum absolute atomic E-state index is 0.0964. The molecule has 1 amide bonds. The minimum Gasteiger partial charge on any atom is -0.490 e. The number of carbonyl (C=O) groups is 1. The Hall–Kier alpha value is -1.75. The number of nitrogens with one attached hydrogen (secondary N) is 2. The molecule has 1 heterocycles. The Bertz CT molecular complexity index is 421. The van der Waals surface area contributed by atoms with Crippen molar-refractivity contribution in [1.82, 2.24) is 10.6 Å². The maximum Gasteiger partial charge on any atom is 0.251 e. The van der Waals surface area contributed by atoms with Crippen molar-refractivity contribution in [1.29, 1.82) is 0 Å². The molecule has 0 aliphatic carbocycles. The Labute approximate surface area is 106 Å².